The number of hydrogen-bond donors (Lipinski definition) is 3. The van der Waals surface area contributed by atoms with Gasteiger partial charge in [-0.25, -0.2) is 4.79 Å². The average Bonchev–Trinajstić information content (AvgIpc) is 2.76. The summed E-state index contributed by atoms with van der Waals surface area (Å²) in [5.41, 5.74) is 1.58. The Bertz CT molecular complexity index is 1110. The highest BCUT2D eigenvalue weighted by Crippen LogP contribution is 2.24. The first-order chi connectivity index (χ1) is 14.9. The second-order valence-electron chi connectivity index (χ2n) is 7.59. The number of anilines is 1. The molecule has 8 nitrogen and oxygen atoms in total. The zero-order valence-corrected chi connectivity index (χ0v) is 18.3. The number of nitrogens with zero attached hydrogens (tertiary/aromatic N) is 1. The number of urea groups is 1. The molecule has 8 heteroatoms. The van der Waals surface area contributed by atoms with Crippen LogP contribution < -0.4 is 25.2 Å². The molecule has 0 bridgehead atoms. The van der Waals surface area contributed by atoms with Crippen LogP contribution in [-0.4, -0.2) is 57.3 Å². The van der Waals surface area contributed by atoms with E-state index >= 15 is 0 Å². The summed E-state index contributed by atoms with van der Waals surface area (Å²) >= 11 is 0. The summed E-state index contributed by atoms with van der Waals surface area (Å²) in [6.07, 6.45) is 0. The number of rotatable bonds is 8. The first-order valence-electron chi connectivity index (χ1n) is 10.1. The fourth-order valence-corrected chi connectivity index (χ4v) is 3.23. The third kappa shape index (κ3) is 5.55. The van der Waals surface area contributed by atoms with Gasteiger partial charge in [0.1, 0.15) is 11.5 Å². The topological polar surface area (TPSA) is 88.1 Å². The molecule has 2 aromatic carbocycles. The van der Waals surface area contributed by atoms with Crippen LogP contribution in [-0.2, 0) is 6.54 Å². The number of hydrogen-bond acceptors (Lipinski definition) is 4. The Balaban J connectivity index is 1.89. The lowest BCUT2D eigenvalue weighted by molar-refractivity contribution is -0.857. The molecule has 2 amide bonds. The summed E-state index contributed by atoms with van der Waals surface area (Å²) in [4.78, 5) is 31.5. The number of aromatic amines is 1. The number of fused-ring (bicyclic) bond motifs is 1. The highest BCUT2D eigenvalue weighted by molar-refractivity contribution is 5.91. The molecule has 0 radical (unpaired) electrons. The molecular weight excluding hydrogens is 396 g/mol. The first kappa shape index (κ1) is 22.2. The van der Waals surface area contributed by atoms with Crippen LogP contribution in [0.25, 0.3) is 10.9 Å². The largest absolute Gasteiger partial charge is 0.497 e. The molecule has 0 atom stereocenters. The molecule has 0 saturated heterocycles. The van der Waals surface area contributed by atoms with Crippen molar-refractivity contribution in [2.75, 3.05) is 46.7 Å². The number of benzene rings is 2. The van der Waals surface area contributed by atoms with Gasteiger partial charge in [0.2, 0.25) is 0 Å². The number of carbonyl (C=O) groups excluding carboxylic acids is 1. The van der Waals surface area contributed by atoms with Crippen LogP contribution in [0.5, 0.6) is 11.5 Å². The number of ether oxygens (including phenoxy) is 2. The summed E-state index contributed by atoms with van der Waals surface area (Å²) in [5, 5.41) is 3.75. The molecule has 3 N–H and O–H groups in total. The lowest BCUT2D eigenvalue weighted by Crippen LogP contribution is -3.06. The number of methoxy groups -OCH3 is 2. The Kier molecular flexibility index (Phi) is 7.15. The highest BCUT2D eigenvalue weighted by atomic mass is 16.5. The van der Waals surface area contributed by atoms with Gasteiger partial charge in [-0.3, -0.25) is 4.79 Å². The number of likely N-dealkylation sites (N-methyl/N-ethyl adjacent to an activating group) is 1. The SMILES string of the molecule is COc1ccc2[nH]c(=O)c(CN(CC[NH+](C)C)C(=O)Nc3ccccc3OC)cc2c1. The van der Waals surface area contributed by atoms with E-state index in [1.54, 1.807) is 43.4 Å². The molecule has 164 valence electrons. The van der Waals surface area contributed by atoms with Crippen LogP contribution in [0, 0.1) is 0 Å². The van der Waals surface area contributed by atoms with Crippen LogP contribution in [0.3, 0.4) is 0 Å². The van der Waals surface area contributed by atoms with Crippen molar-refractivity contribution in [3.8, 4) is 11.5 Å². The van der Waals surface area contributed by atoms with Gasteiger partial charge >= 0.3 is 6.03 Å². The van der Waals surface area contributed by atoms with E-state index in [4.69, 9.17) is 9.47 Å². The maximum atomic E-state index is 13.1. The molecule has 0 saturated carbocycles. The Morgan fingerprint density at radius 2 is 1.87 bits per heavy atom. The van der Waals surface area contributed by atoms with Crippen LogP contribution in [0.1, 0.15) is 5.56 Å². The van der Waals surface area contributed by atoms with Crippen LogP contribution in [0.15, 0.2) is 53.3 Å². The average molecular weight is 426 g/mol. The molecule has 1 heterocycles. The molecule has 3 aromatic rings. The van der Waals surface area contributed by atoms with Crippen molar-refractivity contribution in [3.63, 3.8) is 0 Å². The number of para-hydroxylation sites is 2. The van der Waals surface area contributed by atoms with Gasteiger partial charge in [0, 0.05) is 16.5 Å². The minimum atomic E-state index is -0.295. The quantitative estimate of drug-likeness (QED) is 0.513. The monoisotopic (exact) mass is 425 g/mol. The zero-order valence-electron chi connectivity index (χ0n) is 18.3. The molecule has 0 aliphatic heterocycles. The van der Waals surface area contributed by atoms with Crippen molar-refractivity contribution in [3.05, 3.63) is 64.4 Å². The third-order valence-electron chi connectivity index (χ3n) is 5.01. The van der Waals surface area contributed by atoms with Gasteiger partial charge in [-0.05, 0) is 36.4 Å². The maximum absolute atomic E-state index is 13.1. The lowest BCUT2D eigenvalue weighted by Gasteiger charge is -2.24. The van der Waals surface area contributed by atoms with Gasteiger partial charge in [-0.2, -0.15) is 0 Å². The van der Waals surface area contributed by atoms with Gasteiger partial charge in [0.15, 0.2) is 0 Å². The smallest absolute Gasteiger partial charge is 0.322 e. The van der Waals surface area contributed by atoms with E-state index in [0.29, 0.717) is 29.3 Å². The molecule has 0 spiro atoms. The predicted molar refractivity (Wildman–Crippen MR) is 121 cm³/mol. The summed E-state index contributed by atoms with van der Waals surface area (Å²) in [6, 6.07) is 14.2. The standard InChI is InChI=1S/C23H28N4O4/c1-26(2)11-12-27(23(29)25-20-7-5-6-8-21(20)31-4)15-17-13-16-14-18(30-3)9-10-19(16)24-22(17)28/h5-10,13-14H,11-12,15H2,1-4H3,(H,24,28)(H,25,29)/p+1. The van der Waals surface area contributed by atoms with Gasteiger partial charge in [0.05, 0.1) is 53.6 Å². The number of amides is 2. The Labute approximate surface area is 181 Å². The van der Waals surface area contributed by atoms with Crippen LogP contribution in [0.2, 0.25) is 0 Å². The minimum Gasteiger partial charge on any atom is -0.497 e. The first-order valence-corrected chi connectivity index (χ1v) is 10.1. The number of carbonyl (C=O) groups is 1. The van der Waals surface area contributed by atoms with Crippen LogP contribution in [0.4, 0.5) is 10.5 Å². The molecular formula is C23H29N4O4+. The van der Waals surface area contributed by atoms with Crippen molar-refractivity contribution >= 4 is 22.6 Å². The molecule has 3 rings (SSSR count). The summed E-state index contributed by atoms with van der Waals surface area (Å²) < 4.78 is 10.6. The van der Waals surface area contributed by atoms with E-state index in [0.717, 1.165) is 17.4 Å². The predicted octanol–water partition coefficient (Wildman–Crippen LogP) is 1.72. The lowest BCUT2D eigenvalue weighted by atomic mass is 10.1. The van der Waals surface area contributed by atoms with Gasteiger partial charge in [-0.1, -0.05) is 12.1 Å². The van der Waals surface area contributed by atoms with E-state index in [9.17, 15) is 9.59 Å². The van der Waals surface area contributed by atoms with E-state index in [-0.39, 0.29) is 18.1 Å². The zero-order chi connectivity index (χ0) is 22.4. The van der Waals surface area contributed by atoms with Gasteiger partial charge in [0.25, 0.3) is 5.56 Å². The van der Waals surface area contributed by atoms with E-state index in [1.807, 2.05) is 38.4 Å². The van der Waals surface area contributed by atoms with Crippen molar-refractivity contribution in [2.24, 2.45) is 0 Å². The summed E-state index contributed by atoms with van der Waals surface area (Å²) in [5.74, 6) is 1.28. The minimum absolute atomic E-state index is 0.177. The second-order valence-corrected chi connectivity index (χ2v) is 7.59. The normalized spacial score (nSPS) is 10.9. The summed E-state index contributed by atoms with van der Waals surface area (Å²) in [6.45, 7) is 1.40. The molecule has 0 aliphatic carbocycles. The van der Waals surface area contributed by atoms with E-state index in [2.05, 4.69) is 10.3 Å². The Hall–Kier alpha value is -3.52. The fourth-order valence-electron chi connectivity index (χ4n) is 3.23. The molecule has 31 heavy (non-hydrogen) atoms. The van der Waals surface area contributed by atoms with Crippen molar-refractivity contribution < 1.29 is 19.2 Å². The van der Waals surface area contributed by atoms with Gasteiger partial charge in [-0.15, -0.1) is 0 Å². The number of nitrogens with one attached hydrogen (secondary N) is 3. The number of pyridine rings is 1. The van der Waals surface area contributed by atoms with E-state index in [1.165, 1.54) is 4.90 Å². The molecule has 0 fully saturated rings. The van der Waals surface area contributed by atoms with E-state index < -0.39 is 0 Å². The summed E-state index contributed by atoms with van der Waals surface area (Å²) in [7, 11) is 7.19. The third-order valence-corrected chi connectivity index (χ3v) is 5.01. The van der Waals surface area contributed by atoms with Crippen molar-refractivity contribution in [2.45, 2.75) is 6.54 Å². The highest BCUT2D eigenvalue weighted by Gasteiger charge is 2.19. The number of aromatic nitrogens is 1. The van der Waals surface area contributed by atoms with Gasteiger partial charge < -0.3 is 29.6 Å². The maximum Gasteiger partial charge on any atom is 0.322 e. The second kappa shape index (κ2) is 9.99. The molecule has 0 aliphatic rings. The molecule has 1 aromatic heterocycles. The number of quaternary nitrogens is 1. The van der Waals surface area contributed by atoms with Crippen molar-refractivity contribution in [1.82, 2.24) is 9.88 Å². The Morgan fingerprint density at radius 1 is 1.10 bits per heavy atom. The molecule has 0 unspecified atom stereocenters. The van der Waals surface area contributed by atoms with Crippen molar-refractivity contribution in [1.29, 1.82) is 0 Å². The van der Waals surface area contributed by atoms with Crippen LogP contribution >= 0.6 is 0 Å². The Morgan fingerprint density at radius 3 is 2.58 bits per heavy atom. The fraction of sp³-hybridized carbons (Fsp3) is 0.304. The number of H-pyrrole nitrogens is 1.